The largest absolute Gasteiger partial charge is 0.481 e. The van der Waals surface area contributed by atoms with E-state index in [1.54, 1.807) is 18.2 Å². The fourth-order valence-corrected chi connectivity index (χ4v) is 2.47. The lowest BCUT2D eigenvalue weighted by Gasteiger charge is -2.09. The van der Waals surface area contributed by atoms with E-state index in [2.05, 4.69) is 15.4 Å². The van der Waals surface area contributed by atoms with Crippen LogP contribution in [0.4, 0.5) is 10.1 Å². The Kier molecular flexibility index (Phi) is 4.47. The zero-order valence-electron chi connectivity index (χ0n) is 14.1. The van der Waals surface area contributed by atoms with E-state index in [0.29, 0.717) is 17.3 Å². The van der Waals surface area contributed by atoms with E-state index in [1.807, 2.05) is 19.9 Å². The summed E-state index contributed by atoms with van der Waals surface area (Å²) in [6.07, 6.45) is 1.47. The molecule has 1 N–H and O–H groups in total. The Balaban J connectivity index is 1.82. The highest BCUT2D eigenvalue weighted by Crippen LogP contribution is 2.19. The van der Waals surface area contributed by atoms with Crippen LogP contribution in [0.5, 0.6) is 5.88 Å². The fourth-order valence-electron chi connectivity index (χ4n) is 2.47. The van der Waals surface area contributed by atoms with Gasteiger partial charge in [-0.15, -0.1) is 0 Å². The smallest absolute Gasteiger partial charge is 0.255 e. The first-order valence-corrected chi connectivity index (χ1v) is 7.62. The van der Waals surface area contributed by atoms with Crippen molar-refractivity contribution in [3.8, 4) is 11.6 Å². The van der Waals surface area contributed by atoms with Crippen molar-refractivity contribution in [1.82, 2.24) is 14.8 Å². The van der Waals surface area contributed by atoms with Gasteiger partial charge >= 0.3 is 0 Å². The van der Waals surface area contributed by atoms with E-state index >= 15 is 0 Å². The van der Waals surface area contributed by atoms with E-state index < -0.39 is 11.7 Å². The Labute approximate surface area is 144 Å². The molecule has 0 saturated heterocycles. The number of carbonyl (C=O) groups is 1. The monoisotopic (exact) mass is 340 g/mol. The van der Waals surface area contributed by atoms with Gasteiger partial charge in [0.2, 0.25) is 5.88 Å². The fraction of sp³-hybridized carbons (Fsp3) is 0.167. The second-order valence-corrected chi connectivity index (χ2v) is 5.55. The highest BCUT2D eigenvalue weighted by atomic mass is 19.1. The minimum absolute atomic E-state index is 0.207. The maximum Gasteiger partial charge on any atom is 0.255 e. The number of carbonyl (C=O) groups excluding carboxylic acids is 1. The molecule has 3 aromatic rings. The minimum Gasteiger partial charge on any atom is -0.481 e. The van der Waals surface area contributed by atoms with Crippen molar-refractivity contribution in [2.24, 2.45) is 0 Å². The molecular weight excluding hydrogens is 323 g/mol. The summed E-state index contributed by atoms with van der Waals surface area (Å²) in [5.41, 5.74) is 2.62. The van der Waals surface area contributed by atoms with Gasteiger partial charge in [0.25, 0.3) is 5.91 Å². The molecule has 0 aliphatic rings. The number of benzene rings is 1. The SMILES string of the molecule is COc1ccc(NC(=O)c2ccc(-n3nc(C)cc3C)c(F)c2)cn1. The first-order chi connectivity index (χ1) is 12.0. The molecular formula is C18H17FN4O2. The number of nitrogens with one attached hydrogen (secondary N) is 1. The van der Waals surface area contributed by atoms with Crippen molar-refractivity contribution < 1.29 is 13.9 Å². The molecule has 0 radical (unpaired) electrons. The summed E-state index contributed by atoms with van der Waals surface area (Å²) in [7, 11) is 1.51. The van der Waals surface area contributed by atoms with Crippen LogP contribution >= 0.6 is 0 Å². The average molecular weight is 340 g/mol. The molecule has 2 heterocycles. The summed E-state index contributed by atoms with van der Waals surface area (Å²) in [5.74, 6) is -0.504. The third-order valence-electron chi connectivity index (χ3n) is 3.65. The van der Waals surface area contributed by atoms with Crippen molar-refractivity contribution in [3.63, 3.8) is 0 Å². The van der Waals surface area contributed by atoms with Crippen LogP contribution in [-0.2, 0) is 0 Å². The topological polar surface area (TPSA) is 69.0 Å². The van der Waals surface area contributed by atoms with Crippen LogP contribution in [0, 0.1) is 19.7 Å². The van der Waals surface area contributed by atoms with Crippen molar-refractivity contribution in [2.45, 2.75) is 13.8 Å². The van der Waals surface area contributed by atoms with E-state index in [1.165, 1.54) is 30.1 Å². The number of nitrogens with zero attached hydrogens (tertiary/aromatic N) is 3. The maximum atomic E-state index is 14.5. The molecule has 25 heavy (non-hydrogen) atoms. The molecule has 1 amide bonds. The van der Waals surface area contributed by atoms with Crippen molar-refractivity contribution in [1.29, 1.82) is 0 Å². The van der Waals surface area contributed by atoms with Crippen LogP contribution < -0.4 is 10.1 Å². The first-order valence-electron chi connectivity index (χ1n) is 7.62. The lowest BCUT2D eigenvalue weighted by atomic mass is 10.1. The molecule has 0 saturated carbocycles. The molecule has 1 aromatic carbocycles. The Morgan fingerprint density at radius 1 is 1.20 bits per heavy atom. The lowest BCUT2D eigenvalue weighted by Crippen LogP contribution is -2.13. The molecule has 0 atom stereocenters. The van der Waals surface area contributed by atoms with Gasteiger partial charge < -0.3 is 10.1 Å². The van der Waals surface area contributed by atoms with Crippen LogP contribution in [-0.4, -0.2) is 27.8 Å². The average Bonchev–Trinajstić information content (AvgIpc) is 2.93. The highest BCUT2D eigenvalue weighted by Gasteiger charge is 2.13. The van der Waals surface area contributed by atoms with E-state index in [9.17, 15) is 9.18 Å². The first kappa shape index (κ1) is 16.6. The second kappa shape index (κ2) is 6.72. The molecule has 0 fully saturated rings. The maximum absolute atomic E-state index is 14.5. The molecule has 7 heteroatoms. The van der Waals surface area contributed by atoms with Gasteiger partial charge in [-0.1, -0.05) is 0 Å². The van der Waals surface area contributed by atoms with Crippen LogP contribution in [0.1, 0.15) is 21.7 Å². The normalized spacial score (nSPS) is 10.6. The third kappa shape index (κ3) is 3.50. The number of halogens is 1. The number of amides is 1. The molecule has 6 nitrogen and oxygen atoms in total. The number of pyridine rings is 1. The van der Waals surface area contributed by atoms with E-state index in [4.69, 9.17) is 4.74 Å². The van der Waals surface area contributed by atoms with Crippen molar-refractivity contribution in [3.05, 3.63) is 65.4 Å². The standard InChI is InChI=1S/C18H17FN4O2/c1-11-8-12(2)23(22-11)16-6-4-13(9-15(16)19)18(24)21-14-5-7-17(25-3)20-10-14/h4-10H,1-3H3,(H,21,24). The van der Waals surface area contributed by atoms with Gasteiger partial charge in [0.1, 0.15) is 11.5 Å². The minimum atomic E-state index is -0.522. The Morgan fingerprint density at radius 2 is 2.00 bits per heavy atom. The Morgan fingerprint density at radius 3 is 2.56 bits per heavy atom. The highest BCUT2D eigenvalue weighted by molar-refractivity contribution is 6.04. The van der Waals surface area contributed by atoms with Crippen molar-refractivity contribution >= 4 is 11.6 Å². The number of aryl methyl sites for hydroxylation is 2. The molecule has 128 valence electrons. The summed E-state index contributed by atoms with van der Waals surface area (Å²) in [5, 5.41) is 6.92. The third-order valence-corrected chi connectivity index (χ3v) is 3.65. The van der Waals surface area contributed by atoms with E-state index in [0.717, 1.165) is 11.4 Å². The number of aromatic nitrogens is 3. The van der Waals surface area contributed by atoms with Gasteiger partial charge in [0.05, 0.1) is 24.7 Å². The predicted molar refractivity (Wildman–Crippen MR) is 91.7 cm³/mol. The van der Waals surface area contributed by atoms with Gasteiger partial charge in [-0.25, -0.2) is 14.1 Å². The summed E-state index contributed by atoms with van der Waals surface area (Å²) in [4.78, 5) is 16.3. The molecule has 0 aliphatic heterocycles. The van der Waals surface area contributed by atoms with Crippen molar-refractivity contribution in [2.75, 3.05) is 12.4 Å². The zero-order chi connectivity index (χ0) is 18.0. The quantitative estimate of drug-likeness (QED) is 0.791. The molecule has 0 spiro atoms. The Bertz CT molecular complexity index is 919. The predicted octanol–water partition coefficient (Wildman–Crippen LogP) is 3.28. The van der Waals surface area contributed by atoms with Crippen LogP contribution in [0.25, 0.3) is 5.69 Å². The molecule has 0 bridgehead atoms. The number of hydrogen-bond donors (Lipinski definition) is 1. The molecule has 0 aliphatic carbocycles. The van der Waals surface area contributed by atoms with Crippen LogP contribution in [0.2, 0.25) is 0 Å². The Hall–Kier alpha value is -3.22. The number of ether oxygens (including phenoxy) is 1. The van der Waals surface area contributed by atoms with Crippen LogP contribution in [0.3, 0.4) is 0 Å². The summed E-state index contributed by atoms with van der Waals surface area (Å²) < 4.78 is 20.9. The number of rotatable bonds is 4. The van der Waals surface area contributed by atoms with Gasteiger partial charge in [-0.05, 0) is 44.2 Å². The number of hydrogen-bond acceptors (Lipinski definition) is 4. The molecule has 0 unspecified atom stereocenters. The van der Waals surface area contributed by atoms with Gasteiger partial charge in [-0.2, -0.15) is 5.10 Å². The summed E-state index contributed by atoms with van der Waals surface area (Å²) >= 11 is 0. The molecule has 3 rings (SSSR count). The lowest BCUT2D eigenvalue weighted by molar-refractivity contribution is 0.102. The number of anilines is 1. The molecule has 2 aromatic heterocycles. The van der Waals surface area contributed by atoms with E-state index in [-0.39, 0.29) is 5.56 Å². The van der Waals surface area contributed by atoms with Gasteiger partial charge in [0.15, 0.2) is 0 Å². The summed E-state index contributed by atoms with van der Waals surface area (Å²) in [6, 6.07) is 9.43. The van der Waals surface area contributed by atoms with Gasteiger partial charge in [-0.3, -0.25) is 4.79 Å². The zero-order valence-corrected chi connectivity index (χ0v) is 14.1. The van der Waals surface area contributed by atoms with Crippen LogP contribution in [0.15, 0.2) is 42.6 Å². The second-order valence-electron chi connectivity index (χ2n) is 5.55. The summed E-state index contributed by atoms with van der Waals surface area (Å²) in [6.45, 7) is 3.68. The number of methoxy groups -OCH3 is 1. The van der Waals surface area contributed by atoms with Gasteiger partial charge in [0, 0.05) is 17.3 Å².